The number of likely N-dealkylation sites (tertiary alicyclic amines) is 1. The maximum Gasteiger partial charge on any atom is 0.337 e. The van der Waals surface area contributed by atoms with E-state index in [0.717, 1.165) is 44.7 Å². The molecule has 2 N–H and O–H groups in total. The predicted molar refractivity (Wildman–Crippen MR) is 87.4 cm³/mol. The second kappa shape index (κ2) is 7.00. The Morgan fingerprint density at radius 3 is 2.61 bits per heavy atom. The quantitative estimate of drug-likeness (QED) is 0.814. The lowest BCUT2D eigenvalue weighted by atomic mass is 9.98. The van der Waals surface area contributed by atoms with Crippen molar-refractivity contribution < 1.29 is 14.3 Å². The van der Waals surface area contributed by atoms with Crippen LogP contribution in [-0.2, 0) is 9.53 Å². The van der Waals surface area contributed by atoms with Crippen LogP contribution in [0.5, 0.6) is 0 Å². The number of anilines is 1. The summed E-state index contributed by atoms with van der Waals surface area (Å²) < 4.78 is 4.74. The van der Waals surface area contributed by atoms with Crippen LogP contribution < -0.4 is 10.6 Å². The molecular formula is C17H23N3O3. The summed E-state index contributed by atoms with van der Waals surface area (Å²) in [7, 11) is 1.38. The molecule has 23 heavy (non-hydrogen) atoms. The zero-order chi connectivity index (χ0) is 16.2. The number of benzene rings is 1. The smallest absolute Gasteiger partial charge is 0.337 e. The van der Waals surface area contributed by atoms with E-state index in [-0.39, 0.29) is 17.8 Å². The molecule has 1 aromatic rings. The van der Waals surface area contributed by atoms with Gasteiger partial charge in [0.05, 0.1) is 18.6 Å². The lowest BCUT2D eigenvalue weighted by molar-refractivity contribution is -0.138. The molecule has 2 aliphatic rings. The van der Waals surface area contributed by atoms with Gasteiger partial charge in [-0.2, -0.15) is 0 Å². The van der Waals surface area contributed by atoms with Gasteiger partial charge in [0.2, 0.25) is 5.91 Å². The summed E-state index contributed by atoms with van der Waals surface area (Å²) in [4.78, 5) is 25.8. The second-order valence-corrected chi connectivity index (χ2v) is 6.17. The molecule has 0 radical (unpaired) electrons. The summed E-state index contributed by atoms with van der Waals surface area (Å²) >= 11 is 0. The van der Waals surface area contributed by atoms with Gasteiger partial charge in [0.1, 0.15) is 0 Å². The van der Waals surface area contributed by atoms with Gasteiger partial charge in [-0.3, -0.25) is 4.79 Å². The number of nitrogens with one attached hydrogen (secondary N) is 2. The van der Waals surface area contributed by atoms with Gasteiger partial charge in [0, 0.05) is 37.9 Å². The lowest BCUT2D eigenvalue weighted by Gasteiger charge is -2.37. The monoisotopic (exact) mass is 317 g/mol. The van der Waals surface area contributed by atoms with E-state index in [0.29, 0.717) is 11.6 Å². The first-order valence-electron chi connectivity index (χ1n) is 8.12. The molecule has 2 heterocycles. The number of amides is 1. The van der Waals surface area contributed by atoms with E-state index in [1.807, 2.05) is 23.1 Å². The second-order valence-electron chi connectivity index (χ2n) is 6.17. The normalized spacial score (nSPS) is 19.1. The van der Waals surface area contributed by atoms with Gasteiger partial charge in [-0.05, 0) is 31.0 Å². The summed E-state index contributed by atoms with van der Waals surface area (Å²) in [6.45, 7) is 3.22. The van der Waals surface area contributed by atoms with E-state index in [2.05, 4.69) is 10.6 Å². The molecule has 0 unspecified atom stereocenters. The average Bonchev–Trinajstić information content (AvgIpc) is 2.53. The molecule has 2 fully saturated rings. The zero-order valence-electron chi connectivity index (χ0n) is 13.4. The number of hydrogen-bond acceptors (Lipinski definition) is 5. The highest BCUT2D eigenvalue weighted by Gasteiger charge is 2.31. The molecule has 0 aliphatic carbocycles. The summed E-state index contributed by atoms with van der Waals surface area (Å²) in [5.74, 6) is 0.134. The fraction of sp³-hybridized carbons (Fsp3) is 0.529. The molecule has 6 heteroatoms. The number of rotatable bonds is 4. The van der Waals surface area contributed by atoms with Gasteiger partial charge < -0.3 is 20.3 Å². The third kappa shape index (κ3) is 3.64. The molecule has 0 bridgehead atoms. The SMILES string of the molecule is COC(=O)c1cccc(NC2CCN(C(=O)C3CNC3)CC2)c1. The molecular weight excluding hydrogens is 294 g/mol. The molecule has 2 aliphatic heterocycles. The highest BCUT2D eigenvalue weighted by atomic mass is 16.5. The third-order valence-electron chi connectivity index (χ3n) is 4.59. The van der Waals surface area contributed by atoms with Crippen molar-refractivity contribution in [3.05, 3.63) is 29.8 Å². The van der Waals surface area contributed by atoms with E-state index >= 15 is 0 Å². The van der Waals surface area contributed by atoms with Gasteiger partial charge in [-0.25, -0.2) is 4.79 Å². The maximum absolute atomic E-state index is 12.2. The van der Waals surface area contributed by atoms with Crippen LogP contribution in [-0.4, -0.2) is 56.1 Å². The van der Waals surface area contributed by atoms with Gasteiger partial charge in [0.15, 0.2) is 0 Å². The zero-order valence-corrected chi connectivity index (χ0v) is 13.4. The molecule has 0 spiro atoms. The Hall–Kier alpha value is -2.08. The highest BCUT2D eigenvalue weighted by molar-refractivity contribution is 5.90. The highest BCUT2D eigenvalue weighted by Crippen LogP contribution is 2.20. The Balaban J connectivity index is 1.52. The fourth-order valence-electron chi connectivity index (χ4n) is 3.06. The van der Waals surface area contributed by atoms with E-state index in [4.69, 9.17) is 4.74 Å². The Morgan fingerprint density at radius 1 is 1.26 bits per heavy atom. The van der Waals surface area contributed by atoms with Crippen molar-refractivity contribution in [2.24, 2.45) is 5.92 Å². The Bertz CT molecular complexity index is 578. The minimum atomic E-state index is -0.330. The minimum Gasteiger partial charge on any atom is -0.465 e. The number of nitrogens with zero attached hydrogens (tertiary/aromatic N) is 1. The van der Waals surface area contributed by atoms with E-state index in [9.17, 15) is 9.59 Å². The number of ether oxygens (including phenoxy) is 1. The first-order valence-corrected chi connectivity index (χ1v) is 8.12. The van der Waals surface area contributed by atoms with Crippen LogP contribution >= 0.6 is 0 Å². The van der Waals surface area contributed by atoms with Crippen molar-refractivity contribution in [1.29, 1.82) is 0 Å². The van der Waals surface area contributed by atoms with Crippen LogP contribution in [0.4, 0.5) is 5.69 Å². The van der Waals surface area contributed by atoms with Crippen molar-refractivity contribution in [1.82, 2.24) is 10.2 Å². The number of esters is 1. The van der Waals surface area contributed by atoms with Crippen LogP contribution in [0.15, 0.2) is 24.3 Å². The van der Waals surface area contributed by atoms with Crippen molar-refractivity contribution in [2.45, 2.75) is 18.9 Å². The van der Waals surface area contributed by atoms with Gasteiger partial charge in [0.25, 0.3) is 0 Å². The van der Waals surface area contributed by atoms with E-state index in [1.54, 1.807) is 6.07 Å². The predicted octanol–water partition coefficient (Wildman–Crippen LogP) is 1.10. The van der Waals surface area contributed by atoms with Crippen molar-refractivity contribution in [3.63, 3.8) is 0 Å². The molecule has 1 amide bonds. The topological polar surface area (TPSA) is 70.7 Å². The van der Waals surface area contributed by atoms with Crippen LogP contribution in [0, 0.1) is 5.92 Å². The molecule has 2 saturated heterocycles. The average molecular weight is 317 g/mol. The van der Waals surface area contributed by atoms with Crippen molar-refractivity contribution in [2.75, 3.05) is 38.6 Å². The lowest BCUT2D eigenvalue weighted by Crippen LogP contribution is -2.54. The number of hydrogen-bond donors (Lipinski definition) is 2. The summed E-state index contributed by atoms with van der Waals surface area (Å²) in [5, 5.41) is 6.60. The molecule has 124 valence electrons. The molecule has 0 saturated carbocycles. The van der Waals surface area contributed by atoms with Crippen molar-refractivity contribution in [3.8, 4) is 0 Å². The number of carbonyl (C=O) groups excluding carboxylic acids is 2. The van der Waals surface area contributed by atoms with Crippen LogP contribution in [0.25, 0.3) is 0 Å². The third-order valence-corrected chi connectivity index (χ3v) is 4.59. The summed E-state index contributed by atoms with van der Waals surface area (Å²) in [6.07, 6.45) is 1.85. The maximum atomic E-state index is 12.2. The molecule has 1 aromatic carbocycles. The van der Waals surface area contributed by atoms with Crippen LogP contribution in [0.1, 0.15) is 23.2 Å². The molecule has 0 aromatic heterocycles. The van der Waals surface area contributed by atoms with E-state index < -0.39 is 0 Å². The number of piperidine rings is 1. The van der Waals surface area contributed by atoms with Crippen molar-refractivity contribution >= 4 is 17.6 Å². The van der Waals surface area contributed by atoms with Crippen LogP contribution in [0.2, 0.25) is 0 Å². The largest absolute Gasteiger partial charge is 0.465 e. The molecule has 6 nitrogen and oxygen atoms in total. The molecule has 0 atom stereocenters. The summed E-state index contributed by atoms with van der Waals surface area (Å²) in [5.41, 5.74) is 1.46. The summed E-state index contributed by atoms with van der Waals surface area (Å²) in [6, 6.07) is 7.67. The fourth-order valence-corrected chi connectivity index (χ4v) is 3.06. The first kappa shape index (κ1) is 15.8. The van der Waals surface area contributed by atoms with Gasteiger partial charge in [-0.15, -0.1) is 0 Å². The molecule has 3 rings (SSSR count). The number of carbonyl (C=O) groups is 2. The Kier molecular flexibility index (Phi) is 4.81. The number of methoxy groups -OCH3 is 1. The van der Waals surface area contributed by atoms with Gasteiger partial charge in [-0.1, -0.05) is 6.07 Å². The standard InChI is InChI=1S/C17H23N3O3/c1-23-17(22)12-3-2-4-15(9-12)19-14-5-7-20(8-6-14)16(21)13-10-18-11-13/h2-4,9,13-14,18-19H,5-8,10-11H2,1H3. The van der Waals surface area contributed by atoms with Crippen LogP contribution in [0.3, 0.4) is 0 Å². The Morgan fingerprint density at radius 2 is 2.00 bits per heavy atom. The Labute approximate surface area is 136 Å². The minimum absolute atomic E-state index is 0.177. The van der Waals surface area contributed by atoms with Gasteiger partial charge >= 0.3 is 5.97 Å². The first-order chi connectivity index (χ1) is 11.2. The van der Waals surface area contributed by atoms with E-state index in [1.165, 1.54) is 7.11 Å².